The number of rotatable bonds is 7. The third-order valence-electron chi connectivity index (χ3n) is 6.46. The van der Waals surface area contributed by atoms with E-state index >= 15 is 0 Å². The van der Waals surface area contributed by atoms with Crippen LogP contribution in [0.3, 0.4) is 0 Å². The van der Waals surface area contributed by atoms with Crippen LogP contribution in [0.15, 0.2) is 48.5 Å². The van der Waals surface area contributed by atoms with Crippen molar-refractivity contribution >= 4 is 34.8 Å². The summed E-state index contributed by atoms with van der Waals surface area (Å²) in [4.78, 5) is 48.5. The van der Waals surface area contributed by atoms with Crippen LogP contribution in [0, 0.1) is 11.3 Å². The van der Waals surface area contributed by atoms with Gasteiger partial charge in [-0.05, 0) is 54.5 Å². The fourth-order valence-corrected chi connectivity index (χ4v) is 4.94. The standard InChI is InChI=1S/C17H11NO5.C10H16O4/c19-9-5-6-11(12(7-9)16(20)21)15-8-13(17(22)23)10-3-1-2-4-14(10)18-15;1-7-2-3-10(4-7,5-8(11)12)6-9(13)14/h1-8,19H,(H,20,21)(H,22,23);7H,2-6H2,1H3,(H,11,12)(H,13,14). The number of para-hydroxylation sites is 1. The van der Waals surface area contributed by atoms with Crippen LogP contribution in [0.1, 0.15) is 59.7 Å². The lowest BCUT2D eigenvalue weighted by Crippen LogP contribution is -2.24. The molecule has 5 N–H and O–H groups in total. The van der Waals surface area contributed by atoms with Crippen molar-refractivity contribution in [3.05, 3.63) is 59.7 Å². The highest BCUT2D eigenvalue weighted by molar-refractivity contribution is 6.05. The van der Waals surface area contributed by atoms with Gasteiger partial charge in [-0.3, -0.25) is 9.59 Å². The summed E-state index contributed by atoms with van der Waals surface area (Å²) in [6.07, 6.45) is 2.38. The Labute approximate surface area is 211 Å². The van der Waals surface area contributed by atoms with E-state index in [4.69, 9.17) is 10.2 Å². The van der Waals surface area contributed by atoms with Gasteiger partial charge in [-0.2, -0.15) is 0 Å². The van der Waals surface area contributed by atoms with Crippen molar-refractivity contribution in [2.75, 3.05) is 0 Å². The van der Waals surface area contributed by atoms with E-state index in [2.05, 4.69) is 4.98 Å². The van der Waals surface area contributed by atoms with Crippen molar-refractivity contribution in [2.24, 2.45) is 11.3 Å². The number of aromatic carboxylic acids is 2. The number of carboxylic acids is 4. The average molecular weight is 510 g/mol. The minimum absolute atomic E-state index is 0.0103. The lowest BCUT2D eigenvalue weighted by Gasteiger charge is -2.25. The van der Waals surface area contributed by atoms with Gasteiger partial charge in [-0.15, -0.1) is 0 Å². The number of phenolic OH excluding ortho intramolecular Hbond substituents is 1. The lowest BCUT2D eigenvalue weighted by atomic mass is 9.79. The summed E-state index contributed by atoms with van der Waals surface area (Å²) in [6, 6.07) is 11.9. The summed E-state index contributed by atoms with van der Waals surface area (Å²) >= 11 is 0. The van der Waals surface area contributed by atoms with Crippen LogP contribution < -0.4 is 0 Å². The number of fused-ring (bicyclic) bond motifs is 1. The average Bonchev–Trinajstić information content (AvgIpc) is 3.16. The Balaban J connectivity index is 0.000000233. The van der Waals surface area contributed by atoms with E-state index in [1.807, 2.05) is 6.92 Å². The van der Waals surface area contributed by atoms with E-state index in [1.54, 1.807) is 24.3 Å². The molecule has 1 aliphatic rings. The fraction of sp³-hybridized carbons (Fsp3) is 0.296. The summed E-state index contributed by atoms with van der Waals surface area (Å²) < 4.78 is 0. The second-order valence-corrected chi connectivity index (χ2v) is 9.40. The number of hydrogen-bond acceptors (Lipinski definition) is 6. The Morgan fingerprint density at radius 2 is 1.51 bits per heavy atom. The topological polar surface area (TPSA) is 182 Å². The predicted molar refractivity (Wildman–Crippen MR) is 133 cm³/mol. The van der Waals surface area contributed by atoms with Crippen molar-refractivity contribution in [1.82, 2.24) is 4.98 Å². The Bertz CT molecular complexity index is 1350. The molecule has 1 atom stereocenters. The van der Waals surface area contributed by atoms with Gasteiger partial charge < -0.3 is 25.5 Å². The number of carboxylic acid groups (broad SMARTS) is 4. The van der Waals surface area contributed by atoms with Crippen LogP contribution in [-0.2, 0) is 9.59 Å². The van der Waals surface area contributed by atoms with Crippen molar-refractivity contribution < 1.29 is 44.7 Å². The molecule has 3 aromatic rings. The Kier molecular flexibility index (Phi) is 8.11. The molecule has 194 valence electrons. The first-order chi connectivity index (χ1) is 17.4. The van der Waals surface area contributed by atoms with Crippen LogP contribution in [-0.4, -0.2) is 54.4 Å². The van der Waals surface area contributed by atoms with Gasteiger partial charge in [0, 0.05) is 10.9 Å². The molecule has 0 amide bonds. The maximum absolute atomic E-state index is 11.5. The lowest BCUT2D eigenvalue weighted by molar-refractivity contribution is -0.143. The number of hydrogen-bond donors (Lipinski definition) is 5. The van der Waals surface area contributed by atoms with Crippen LogP contribution >= 0.6 is 0 Å². The van der Waals surface area contributed by atoms with Gasteiger partial charge in [0.05, 0.1) is 35.2 Å². The van der Waals surface area contributed by atoms with Gasteiger partial charge in [0.25, 0.3) is 0 Å². The quantitative estimate of drug-likeness (QED) is 0.298. The Morgan fingerprint density at radius 1 is 0.892 bits per heavy atom. The molecule has 0 saturated heterocycles. The zero-order valence-electron chi connectivity index (χ0n) is 20.0. The number of aliphatic carboxylic acids is 2. The van der Waals surface area contributed by atoms with Crippen LogP contribution in [0.4, 0.5) is 0 Å². The highest BCUT2D eigenvalue weighted by Crippen LogP contribution is 2.46. The van der Waals surface area contributed by atoms with Gasteiger partial charge in [-0.25, -0.2) is 14.6 Å². The number of carbonyl (C=O) groups is 4. The second kappa shape index (κ2) is 11.1. The molecule has 1 fully saturated rings. The minimum Gasteiger partial charge on any atom is -0.508 e. The molecule has 1 saturated carbocycles. The summed E-state index contributed by atoms with van der Waals surface area (Å²) in [5.41, 5.74) is 0.310. The third kappa shape index (κ3) is 6.60. The number of nitrogens with zero attached hydrogens (tertiary/aromatic N) is 1. The molecular weight excluding hydrogens is 482 g/mol. The molecule has 0 bridgehead atoms. The molecule has 0 radical (unpaired) electrons. The van der Waals surface area contributed by atoms with Crippen molar-refractivity contribution in [3.8, 4) is 17.0 Å². The Hall–Kier alpha value is -4.47. The van der Waals surface area contributed by atoms with E-state index in [9.17, 15) is 34.5 Å². The summed E-state index contributed by atoms with van der Waals surface area (Å²) in [6.45, 7) is 2.05. The predicted octanol–water partition coefficient (Wildman–Crippen LogP) is 4.75. The van der Waals surface area contributed by atoms with Crippen LogP contribution in [0.5, 0.6) is 5.75 Å². The molecule has 1 aromatic heterocycles. The summed E-state index contributed by atoms with van der Waals surface area (Å²) in [5, 5.41) is 46.1. The first-order valence-electron chi connectivity index (χ1n) is 11.5. The van der Waals surface area contributed by atoms with Crippen LogP contribution in [0.25, 0.3) is 22.2 Å². The maximum atomic E-state index is 11.5. The molecule has 10 heteroatoms. The molecule has 2 aromatic carbocycles. The fourth-order valence-electron chi connectivity index (χ4n) is 4.94. The first-order valence-corrected chi connectivity index (χ1v) is 11.5. The highest BCUT2D eigenvalue weighted by Gasteiger charge is 2.40. The summed E-state index contributed by atoms with van der Waals surface area (Å²) in [7, 11) is 0. The minimum atomic E-state index is -1.23. The van der Waals surface area contributed by atoms with Gasteiger partial charge in [0.2, 0.25) is 0 Å². The van der Waals surface area contributed by atoms with E-state index < -0.39 is 29.3 Å². The number of benzene rings is 2. The van der Waals surface area contributed by atoms with Gasteiger partial charge in [-0.1, -0.05) is 31.5 Å². The van der Waals surface area contributed by atoms with E-state index in [0.717, 1.165) is 25.3 Å². The Morgan fingerprint density at radius 3 is 2.05 bits per heavy atom. The molecule has 0 aliphatic heterocycles. The van der Waals surface area contributed by atoms with Crippen LogP contribution in [0.2, 0.25) is 0 Å². The number of aromatic hydroxyl groups is 1. The zero-order valence-corrected chi connectivity index (χ0v) is 20.0. The molecule has 10 nitrogen and oxygen atoms in total. The second-order valence-electron chi connectivity index (χ2n) is 9.40. The molecule has 1 unspecified atom stereocenters. The number of aromatic nitrogens is 1. The smallest absolute Gasteiger partial charge is 0.336 e. The SMILES string of the molecule is CC1CCC(CC(=O)O)(CC(=O)O)C1.O=C(O)c1cc(O)ccc1-c1cc(C(=O)O)c2ccccc2n1. The van der Waals surface area contributed by atoms with Crippen molar-refractivity contribution in [2.45, 2.75) is 39.0 Å². The zero-order chi connectivity index (χ0) is 27.3. The van der Waals surface area contributed by atoms with Crippen molar-refractivity contribution in [1.29, 1.82) is 0 Å². The number of pyridine rings is 1. The summed E-state index contributed by atoms with van der Waals surface area (Å²) in [5.74, 6) is -3.87. The van der Waals surface area contributed by atoms with E-state index in [0.29, 0.717) is 16.8 Å². The maximum Gasteiger partial charge on any atom is 0.336 e. The van der Waals surface area contributed by atoms with Gasteiger partial charge >= 0.3 is 23.9 Å². The molecule has 0 spiro atoms. The van der Waals surface area contributed by atoms with Crippen molar-refractivity contribution in [3.63, 3.8) is 0 Å². The van der Waals surface area contributed by atoms with E-state index in [-0.39, 0.29) is 41.0 Å². The normalized spacial score (nSPS) is 16.0. The largest absolute Gasteiger partial charge is 0.508 e. The third-order valence-corrected chi connectivity index (χ3v) is 6.46. The molecular formula is C27H27NO9. The van der Waals surface area contributed by atoms with E-state index in [1.165, 1.54) is 18.2 Å². The van der Waals surface area contributed by atoms with Gasteiger partial charge in [0.1, 0.15) is 5.75 Å². The highest BCUT2D eigenvalue weighted by atomic mass is 16.4. The van der Waals surface area contributed by atoms with Gasteiger partial charge in [0.15, 0.2) is 0 Å². The molecule has 4 rings (SSSR count). The number of phenols is 1. The first kappa shape index (κ1) is 27.1. The molecule has 1 heterocycles. The monoisotopic (exact) mass is 509 g/mol. The molecule has 1 aliphatic carbocycles. The molecule has 37 heavy (non-hydrogen) atoms.